The van der Waals surface area contributed by atoms with Crippen LogP contribution in [0.5, 0.6) is 0 Å². The predicted molar refractivity (Wildman–Crippen MR) is 80.2 cm³/mol. The quantitative estimate of drug-likeness (QED) is 0.736. The van der Waals surface area contributed by atoms with Gasteiger partial charge in [-0.15, -0.1) is 0 Å². The Hall–Kier alpha value is -2.09. The number of halogens is 3. The van der Waals surface area contributed by atoms with E-state index in [1.54, 1.807) is 13.8 Å². The first kappa shape index (κ1) is 20.0. The van der Waals surface area contributed by atoms with E-state index in [0.717, 1.165) is 19.1 Å². The van der Waals surface area contributed by atoms with E-state index in [-0.39, 0.29) is 6.42 Å². The maximum absolute atomic E-state index is 12.5. The lowest BCUT2D eigenvalue weighted by Crippen LogP contribution is -2.49. The average Bonchev–Trinajstić information content (AvgIpc) is 2.43. The average molecular weight is 347 g/mol. The third-order valence-electron chi connectivity index (χ3n) is 3.60. The summed E-state index contributed by atoms with van der Waals surface area (Å²) in [5, 5.41) is 20.7. The van der Waals surface area contributed by atoms with Gasteiger partial charge in [-0.3, -0.25) is 4.79 Å². The molecule has 5 nitrogen and oxygen atoms in total. The van der Waals surface area contributed by atoms with Crippen LogP contribution in [0.4, 0.5) is 13.2 Å². The Morgan fingerprint density at radius 2 is 1.58 bits per heavy atom. The standard InChI is InChI=1S/C16H20F3NO4/c1-14(2,12(21)20-9-15(3,24)13(22)23)8-10-4-6-11(7-5-10)16(17,18)19/h4-7,24H,8-9H2,1-3H3,(H,20,21)(H,22,23). The van der Waals surface area contributed by atoms with E-state index in [0.29, 0.717) is 5.56 Å². The molecule has 0 aromatic heterocycles. The van der Waals surface area contributed by atoms with Gasteiger partial charge in [-0.05, 0) is 31.0 Å². The van der Waals surface area contributed by atoms with Crippen molar-refractivity contribution in [2.75, 3.05) is 6.54 Å². The lowest BCUT2D eigenvalue weighted by Gasteiger charge is -2.26. The van der Waals surface area contributed by atoms with Gasteiger partial charge >= 0.3 is 12.1 Å². The third kappa shape index (κ3) is 5.23. The van der Waals surface area contributed by atoms with Crippen molar-refractivity contribution in [2.45, 2.75) is 39.0 Å². The Kier molecular flexibility index (Phi) is 5.66. The number of alkyl halides is 3. The molecule has 0 aliphatic rings. The molecule has 8 heteroatoms. The normalized spacial score (nSPS) is 14.8. The SMILES string of the molecule is CC(C)(Cc1ccc(C(F)(F)F)cc1)C(=O)NCC(C)(O)C(=O)O. The second-order valence-electron chi connectivity index (χ2n) is 6.52. The number of aliphatic hydroxyl groups is 1. The fraction of sp³-hybridized carbons (Fsp3) is 0.500. The van der Waals surface area contributed by atoms with Gasteiger partial charge in [0.05, 0.1) is 12.1 Å². The Morgan fingerprint density at radius 3 is 2.00 bits per heavy atom. The van der Waals surface area contributed by atoms with Crippen LogP contribution in [0.2, 0.25) is 0 Å². The Balaban J connectivity index is 2.75. The van der Waals surface area contributed by atoms with Crippen molar-refractivity contribution in [3.63, 3.8) is 0 Å². The molecule has 0 aliphatic carbocycles. The smallest absolute Gasteiger partial charge is 0.416 e. The van der Waals surface area contributed by atoms with Crippen LogP contribution < -0.4 is 5.32 Å². The van der Waals surface area contributed by atoms with Gasteiger partial charge in [-0.2, -0.15) is 13.2 Å². The number of carbonyl (C=O) groups is 2. The molecule has 0 fully saturated rings. The molecule has 0 aliphatic heterocycles. The summed E-state index contributed by atoms with van der Waals surface area (Å²) in [5.41, 5.74) is -3.33. The van der Waals surface area contributed by atoms with Gasteiger partial charge in [0.1, 0.15) is 0 Å². The number of nitrogens with one attached hydrogen (secondary N) is 1. The first-order chi connectivity index (χ1) is 10.8. The van der Waals surface area contributed by atoms with Gasteiger partial charge in [-0.25, -0.2) is 4.79 Å². The summed E-state index contributed by atoms with van der Waals surface area (Å²) in [6.45, 7) is 3.74. The van der Waals surface area contributed by atoms with Gasteiger partial charge in [0.25, 0.3) is 0 Å². The Morgan fingerprint density at radius 1 is 1.08 bits per heavy atom. The van der Waals surface area contributed by atoms with Gasteiger partial charge in [0, 0.05) is 5.41 Å². The lowest BCUT2D eigenvalue weighted by atomic mass is 9.84. The number of aliphatic carboxylic acids is 1. The number of hydrogen-bond acceptors (Lipinski definition) is 3. The highest BCUT2D eigenvalue weighted by Gasteiger charge is 2.34. The molecule has 1 aromatic carbocycles. The summed E-state index contributed by atoms with van der Waals surface area (Å²) in [6, 6.07) is 4.48. The van der Waals surface area contributed by atoms with Gasteiger partial charge in [0.2, 0.25) is 5.91 Å². The number of rotatable bonds is 6. The van der Waals surface area contributed by atoms with E-state index >= 15 is 0 Å². The molecular formula is C16H20F3NO4. The molecular weight excluding hydrogens is 327 g/mol. The van der Waals surface area contributed by atoms with Crippen LogP contribution in [-0.4, -0.2) is 34.2 Å². The van der Waals surface area contributed by atoms with Gasteiger partial charge in [-0.1, -0.05) is 26.0 Å². The summed E-state index contributed by atoms with van der Waals surface area (Å²) in [5.74, 6) is -1.98. The zero-order valence-corrected chi connectivity index (χ0v) is 13.6. The molecule has 0 radical (unpaired) electrons. The van der Waals surface area contributed by atoms with Crippen molar-refractivity contribution in [3.8, 4) is 0 Å². The molecule has 1 unspecified atom stereocenters. The number of hydrogen-bond donors (Lipinski definition) is 3. The molecule has 24 heavy (non-hydrogen) atoms. The van der Waals surface area contributed by atoms with Crippen molar-refractivity contribution in [1.82, 2.24) is 5.32 Å². The zero-order chi connectivity index (χ0) is 18.8. The molecule has 0 saturated carbocycles. The fourth-order valence-electron chi connectivity index (χ4n) is 1.97. The number of carbonyl (C=O) groups excluding carboxylic acids is 1. The first-order valence-corrected chi connectivity index (χ1v) is 7.16. The molecule has 0 heterocycles. The van der Waals surface area contributed by atoms with E-state index in [1.807, 2.05) is 0 Å². The van der Waals surface area contributed by atoms with Crippen molar-refractivity contribution in [3.05, 3.63) is 35.4 Å². The second-order valence-corrected chi connectivity index (χ2v) is 6.52. The molecule has 134 valence electrons. The minimum Gasteiger partial charge on any atom is -0.479 e. The maximum atomic E-state index is 12.5. The Bertz CT molecular complexity index is 607. The lowest BCUT2D eigenvalue weighted by molar-refractivity contribution is -0.156. The van der Waals surface area contributed by atoms with Crippen LogP contribution >= 0.6 is 0 Å². The van der Waals surface area contributed by atoms with Gasteiger partial charge < -0.3 is 15.5 Å². The molecule has 1 atom stereocenters. The molecule has 1 amide bonds. The van der Waals surface area contributed by atoms with E-state index in [2.05, 4.69) is 5.32 Å². The predicted octanol–water partition coefficient (Wildman–Crippen LogP) is 2.23. The fourth-order valence-corrected chi connectivity index (χ4v) is 1.97. The van der Waals surface area contributed by atoms with Crippen LogP contribution in [0.25, 0.3) is 0 Å². The topological polar surface area (TPSA) is 86.6 Å². The molecule has 0 spiro atoms. The summed E-state index contributed by atoms with van der Waals surface area (Å²) in [4.78, 5) is 23.0. The van der Waals surface area contributed by atoms with Crippen molar-refractivity contribution in [2.24, 2.45) is 5.41 Å². The Labute approximate surface area is 137 Å². The number of benzene rings is 1. The minimum atomic E-state index is -4.42. The van der Waals surface area contributed by atoms with E-state index < -0.39 is 41.2 Å². The maximum Gasteiger partial charge on any atom is 0.416 e. The number of carboxylic acids is 1. The van der Waals surface area contributed by atoms with Crippen molar-refractivity contribution in [1.29, 1.82) is 0 Å². The largest absolute Gasteiger partial charge is 0.479 e. The van der Waals surface area contributed by atoms with Crippen LogP contribution in [0.3, 0.4) is 0 Å². The summed E-state index contributed by atoms with van der Waals surface area (Å²) < 4.78 is 37.6. The van der Waals surface area contributed by atoms with Crippen LogP contribution in [0.15, 0.2) is 24.3 Å². The van der Waals surface area contributed by atoms with Crippen LogP contribution in [0.1, 0.15) is 31.9 Å². The summed E-state index contributed by atoms with van der Waals surface area (Å²) >= 11 is 0. The van der Waals surface area contributed by atoms with Crippen molar-refractivity contribution < 1.29 is 33.0 Å². The summed E-state index contributed by atoms with van der Waals surface area (Å²) in [7, 11) is 0. The molecule has 1 aromatic rings. The highest BCUT2D eigenvalue weighted by Crippen LogP contribution is 2.30. The highest BCUT2D eigenvalue weighted by atomic mass is 19.4. The molecule has 0 saturated heterocycles. The van der Waals surface area contributed by atoms with E-state index in [1.165, 1.54) is 12.1 Å². The highest BCUT2D eigenvalue weighted by molar-refractivity contribution is 5.83. The number of carboxylic acid groups (broad SMARTS) is 1. The second kappa shape index (κ2) is 6.80. The first-order valence-electron chi connectivity index (χ1n) is 7.16. The van der Waals surface area contributed by atoms with Gasteiger partial charge in [0.15, 0.2) is 5.60 Å². The monoisotopic (exact) mass is 347 g/mol. The summed E-state index contributed by atoms with van der Waals surface area (Å²) in [6.07, 6.45) is -4.26. The minimum absolute atomic E-state index is 0.159. The zero-order valence-electron chi connectivity index (χ0n) is 13.6. The molecule has 3 N–H and O–H groups in total. The van der Waals surface area contributed by atoms with E-state index in [4.69, 9.17) is 5.11 Å². The molecule has 0 bridgehead atoms. The van der Waals surface area contributed by atoms with Crippen LogP contribution in [-0.2, 0) is 22.2 Å². The van der Waals surface area contributed by atoms with Crippen LogP contribution in [0, 0.1) is 5.41 Å². The van der Waals surface area contributed by atoms with E-state index in [9.17, 15) is 27.9 Å². The molecule has 1 rings (SSSR count). The third-order valence-corrected chi connectivity index (χ3v) is 3.60. The number of amides is 1. The van der Waals surface area contributed by atoms with Crippen molar-refractivity contribution >= 4 is 11.9 Å².